The van der Waals surface area contributed by atoms with E-state index in [2.05, 4.69) is 409 Å². The lowest BCUT2D eigenvalue weighted by Gasteiger charge is -2.45. The maximum atomic E-state index is 6.62. The van der Waals surface area contributed by atoms with Crippen molar-refractivity contribution in [2.24, 2.45) is 0 Å². The van der Waals surface area contributed by atoms with E-state index in [-0.39, 0.29) is 13.4 Å². The number of rotatable bonds is 10. The summed E-state index contributed by atoms with van der Waals surface area (Å²) in [5.41, 5.74) is 37.1. The van der Waals surface area contributed by atoms with Gasteiger partial charge in [-0.15, -0.1) is 0 Å². The summed E-state index contributed by atoms with van der Waals surface area (Å²) >= 11 is 3.82. The molecule has 117 heavy (non-hydrogen) atoms. The third-order valence-corrected chi connectivity index (χ3v) is 27.1. The van der Waals surface area contributed by atoms with E-state index in [0.717, 1.165) is 145 Å². The van der Waals surface area contributed by atoms with Crippen LogP contribution in [0.4, 0.5) is 34.1 Å². The first-order chi connectivity index (χ1) is 58.0. The van der Waals surface area contributed by atoms with Gasteiger partial charge in [0.25, 0.3) is 0 Å². The van der Waals surface area contributed by atoms with Gasteiger partial charge in [-0.2, -0.15) is 0 Å². The van der Waals surface area contributed by atoms with Crippen molar-refractivity contribution in [2.75, 3.05) is 9.80 Å². The van der Waals surface area contributed by atoms with Crippen molar-refractivity contribution in [3.8, 4) is 83.6 Å². The van der Waals surface area contributed by atoms with Gasteiger partial charge in [0.05, 0.1) is 16.7 Å². The number of nitrogens with zero attached hydrogens (tertiary/aromatic N) is 3. The predicted molar refractivity (Wildman–Crippen MR) is 493 cm³/mol. The second kappa shape index (κ2) is 26.2. The van der Waals surface area contributed by atoms with Crippen molar-refractivity contribution in [1.82, 2.24) is 4.57 Å². The molecule has 542 valence electrons. The predicted octanol–water partition coefficient (Wildman–Crippen LogP) is 25.8. The van der Waals surface area contributed by atoms with Crippen LogP contribution in [0.5, 0.6) is 0 Å². The highest BCUT2D eigenvalue weighted by atomic mass is 32.2. The molecule has 7 heterocycles. The molecule has 0 aliphatic carbocycles. The Hall–Kier alpha value is -14.2. The largest absolute Gasteiger partial charge is 0.456 e. The highest BCUT2D eigenvalue weighted by Gasteiger charge is 2.48. The van der Waals surface area contributed by atoms with Gasteiger partial charge in [0, 0.05) is 97.2 Å². The minimum absolute atomic E-state index is 0.221. The highest BCUT2D eigenvalue weighted by Crippen LogP contribution is 2.55. The van der Waals surface area contributed by atoms with Crippen LogP contribution >= 0.6 is 23.5 Å². The average molecular weight is 1520 g/mol. The van der Waals surface area contributed by atoms with Gasteiger partial charge in [-0.25, -0.2) is 0 Å². The maximum absolute atomic E-state index is 6.62. The van der Waals surface area contributed by atoms with Crippen molar-refractivity contribution in [3.05, 3.63) is 394 Å². The Bertz CT molecular complexity index is 7600. The fourth-order valence-corrected chi connectivity index (χ4v) is 22.0. The Balaban J connectivity index is 0.819. The van der Waals surface area contributed by atoms with Crippen LogP contribution in [0.1, 0.15) is 0 Å². The molecular formula is C108H65B2N3O2S2. The Kier molecular flexibility index (Phi) is 14.8. The van der Waals surface area contributed by atoms with E-state index in [0.29, 0.717) is 0 Å². The zero-order valence-electron chi connectivity index (χ0n) is 63.2. The molecule has 18 aromatic carbocycles. The van der Waals surface area contributed by atoms with E-state index in [1.165, 1.54) is 90.9 Å². The number of hydrogen-bond donors (Lipinski definition) is 0. The molecule has 25 rings (SSSR count). The van der Waals surface area contributed by atoms with E-state index >= 15 is 0 Å². The van der Waals surface area contributed by atoms with Gasteiger partial charge in [-0.3, -0.25) is 0 Å². The van der Waals surface area contributed by atoms with Gasteiger partial charge in [0.1, 0.15) is 22.3 Å². The lowest BCUT2D eigenvalue weighted by molar-refractivity contribution is 0.668. The molecule has 0 fully saturated rings. The summed E-state index contributed by atoms with van der Waals surface area (Å²) < 4.78 is 15.7. The van der Waals surface area contributed by atoms with Crippen LogP contribution in [-0.4, -0.2) is 18.0 Å². The van der Waals surface area contributed by atoms with Crippen LogP contribution in [0.25, 0.3) is 149 Å². The van der Waals surface area contributed by atoms with Gasteiger partial charge in [0.15, 0.2) is 0 Å². The third-order valence-electron chi connectivity index (χ3n) is 24.9. The normalized spacial score (nSPS) is 13.0. The number of benzene rings is 18. The van der Waals surface area contributed by atoms with Crippen LogP contribution in [0.2, 0.25) is 0 Å². The molecule has 5 nitrogen and oxygen atoms in total. The Morgan fingerprint density at radius 2 is 0.581 bits per heavy atom. The molecule has 0 amide bonds. The number of hydrogen-bond acceptors (Lipinski definition) is 6. The van der Waals surface area contributed by atoms with Crippen LogP contribution in [0, 0.1) is 0 Å². The molecule has 0 spiro atoms. The highest BCUT2D eigenvalue weighted by molar-refractivity contribution is 8.00. The topological polar surface area (TPSA) is 37.7 Å². The molecular weight excluding hydrogens is 1460 g/mol. The van der Waals surface area contributed by atoms with Gasteiger partial charge in [0.2, 0.25) is 13.4 Å². The quantitative estimate of drug-likeness (QED) is 0.127. The first kappa shape index (κ1) is 66.3. The molecule has 0 unspecified atom stereocenters. The molecule has 9 heteroatoms. The molecule has 4 aliphatic heterocycles. The molecule has 4 aliphatic rings. The summed E-state index contributed by atoms with van der Waals surface area (Å²) in [7, 11) is 0. The van der Waals surface area contributed by atoms with E-state index < -0.39 is 0 Å². The third kappa shape index (κ3) is 10.4. The van der Waals surface area contributed by atoms with E-state index in [4.69, 9.17) is 8.83 Å². The zero-order chi connectivity index (χ0) is 76.5. The molecule has 0 saturated heterocycles. The minimum atomic E-state index is -0.225. The summed E-state index contributed by atoms with van der Waals surface area (Å²) in [6.07, 6.45) is 0. The Morgan fingerprint density at radius 3 is 1.11 bits per heavy atom. The fourth-order valence-electron chi connectivity index (χ4n) is 19.6. The molecule has 0 bridgehead atoms. The zero-order valence-corrected chi connectivity index (χ0v) is 64.8. The summed E-state index contributed by atoms with van der Waals surface area (Å²) in [6, 6.07) is 148. The van der Waals surface area contributed by atoms with Crippen molar-refractivity contribution in [2.45, 2.75) is 19.6 Å². The van der Waals surface area contributed by atoms with Gasteiger partial charge >= 0.3 is 0 Å². The summed E-state index contributed by atoms with van der Waals surface area (Å²) in [5.74, 6) is 0. The molecule has 0 atom stereocenters. The lowest BCUT2D eigenvalue weighted by Crippen LogP contribution is -2.64. The first-order valence-electron chi connectivity index (χ1n) is 40.1. The number of furan rings is 2. The van der Waals surface area contributed by atoms with Gasteiger partial charge < -0.3 is 23.2 Å². The molecule has 0 saturated carbocycles. The number of aromatic nitrogens is 1. The van der Waals surface area contributed by atoms with Crippen LogP contribution in [0.15, 0.2) is 423 Å². The molecule has 0 radical (unpaired) electrons. The summed E-state index contributed by atoms with van der Waals surface area (Å²) in [4.78, 5) is 10.3. The average Bonchev–Trinajstić information content (AvgIpc) is 1.30. The van der Waals surface area contributed by atoms with Crippen LogP contribution in [0.3, 0.4) is 0 Å². The SMILES string of the molecule is c1ccc(-c2ccc(N3c4cc5c(cc4B4c6ccc(-n7c8ccccc8c8ccccc87)cc6Sc6cc(-c7ccc8oc9ccccc9c8c7)cc3c64)B3c4ccc(-c6ccccc6)cc4Sc4cc(-c6ccc7oc8ccccc8c7c6)cc(c43)N5c3c(-c4ccccc4)cc(-c4ccccc4)cc3-c3ccccc3)cc2)cc1. The Morgan fingerprint density at radius 1 is 0.214 bits per heavy atom. The summed E-state index contributed by atoms with van der Waals surface area (Å²) in [5, 5.41) is 6.85. The smallest absolute Gasteiger partial charge is 0.249 e. The van der Waals surface area contributed by atoms with Crippen molar-refractivity contribution < 1.29 is 8.83 Å². The maximum Gasteiger partial charge on any atom is 0.249 e. The van der Waals surface area contributed by atoms with Crippen LogP contribution < -0.4 is 42.6 Å². The molecule has 3 aromatic heterocycles. The van der Waals surface area contributed by atoms with Crippen molar-refractivity contribution in [3.63, 3.8) is 0 Å². The second-order valence-corrected chi connectivity index (χ2v) is 33.5. The fraction of sp³-hybridized carbons (Fsp3) is 0. The molecule has 0 N–H and O–H groups in total. The van der Waals surface area contributed by atoms with E-state index in [9.17, 15) is 0 Å². The molecule has 21 aromatic rings. The van der Waals surface area contributed by atoms with E-state index in [1.54, 1.807) is 0 Å². The van der Waals surface area contributed by atoms with Crippen molar-refractivity contribution in [1.29, 1.82) is 0 Å². The lowest BCUT2D eigenvalue weighted by atomic mass is 9.31. The monoisotopic (exact) mass is 1520 g/mol. The standard InChI is InChI=1S/C108H65B2N3O2S2/c1-6-24-66(25-7-1)69-42-47-78(48-43-69)111-94-65-95-91(64-90(94)110-89-51-49-79(112-92-38-20-16-34-80(92)81-35-17-21-39-93(81)112)63-103(89)117-104-61-76(58-96(111)106(104)110)72-45-52-100-86(54-72)82-36-18-22-40-98(82)114-100)109-88-50-44-74(67-26-8-2-9-27-67)60-102(88)116-105-62-77(73-46-53-101-87(55-73)83-37-19-23-41-99(83)115-101)59-97(107(105)109)113(95)108-84(70-30-12-4-13-31-70)56-75(68-28-10-3-11-29-68)57-85(108)71-32-14-5-15-33-71/h1-65H. The van der Waals surface area contributed by atoms with Crippen LogP contribution in [-0.2, 0) is 0 Å². The second-order valence-electron chi connectivity index (χ2n) is 31.3. The number of fused-ring (bicyclic) bond motifs is 17. The van der Waals surface area contributed by atoms with Gasteiger partial charge in [-0.05, 0) is 210 Å². The number of anilines is 6. The number of para-hydroxylation sites is 4. The van der Waals surface area contributed by atoms with Crippen molar-refractivity contribution >= 4 is 170 Å². The van der Waals surface area contributed by atoms with E-state index in [1.807, 2.05) is 23.5 Å². The Labute approximate surface area is 685 Å². The summed E-state index contributed by atoms with van der Waals surface area (Å²) in [6.45, 7) is -0.446. The first-order valence-corrected chi connectivity index (χ1v) is 41.8. The minimum Gasteiger partial charge on any atom is -0.456 e. The van der Waals surface area contributed by atoms with Gasteiger partial charge in [-0.1, -0.05) is 307 Å².